The van der Waals surface area contributed by atoms with Crippen LogP contribution in [0.25, 0.3) is 0 Å². The first-order valence-corrected chi connectivity index (χ1v) is 6.83. The van der Waals surface area contributed by atoms with E-state index in [4.69, 9.17) is 10.5 Å². The van der Waals surface area contributed by atoms with E-state index in [1.807, 2.05) is 0 Å². The molecule has 0 fully saturated rings. The molecule has 1 unspecified atom stereocenters. The molecular weight excluding hydrogens is 328 g/mol. The van der Waals surface area contributed by atoms with E-state index >= 15 is 0 Å². The molecule has 0 amide bonds. The minimum Gasteiger partial charge on any atom is -0.494 e. The summed E-state index contributed by atoms with van der Waals surface area (Å²) in [5, 5.41) is 0. The summed E-state index contributed by atoms with van der Waals surface area (Å²) in [6, 6.07) is 9.02. The molecule has 0 aliphatic carbocycles. The van der Waals surface area contributed by atoms with Crippen molar-refractivity contribution in [3.8, 4) is 5.75 Å². The van der Waals surface area contributed by atoms with Gasteiger partial charge in [-0.05, 0) is 57.7 Å². The van der Waals surface area contributed by atoms with Crippen LogP contribution in [-0.4, -0.2) is 7.11 Å². The lowest BCUT2D eigenvalue weighted by Gasteiger charge is -2.13. The van der Waals surface area contributed by atoms with Crippen LogP contribution in [0.3, 0.4) is 0 Å². The van der Waals surface area contributed by atoms with Crippen LogP contribution in [0.1, 0.15) is 17.2 Å². The minimum absolute atomic E-state index is 0.201. The zero-order valence-electron chi connectivity index (χ0n) is 10.9. The van der Waals surface area contributed by atoms with Crippen LogP contribution >= 0.6 is 15.9 Å². The van der Waals surface area contributed by atoms with Gasteiger partial charge in [-0.3, -0.25) is 0 Å². The fourth-order valence-corrected chi connectivity index (χ4v) is 2.35. The van der Waals surface area contributed by atoms with Crippen LogP contribution in [0.4, 0.5) is 8.78 Å². The molecule has 0 bridgehead atoms. The molecule has 106 valence electrons. The number of rotatable bonds is 4. The van der Waals surface area contributed by atoms with E-state index in [2.05, 4.69) is 15.9 Å². The van der Waals surface area contributed by atoms with Gasteiger partial charge in [0.2, 0.25) is 0 Å². The summed E-state index contributed by atoms with van der Waals surface area (Å²) in [6.07, 6.45) is 0.457. The van der Waals surface area contributed by atoms with Crippen LogP contribution in [-0.2, 0) is 6.42 Å². The van der Waals surface area contributed by atoms with Crippen molar-refractivity contribution in [2.75, 3.05) is 7.11 Å². The van der Waals surface area contributed by atoms with E-state index < -0.39 is 5.82 Å². The first kappa shape index (κ1) is 14.9. The van der Waals surface area contributed by atoms with Gasteiger partial charge < -0.3 is 10.5 Å². The lowest BCUT2D eigenvalue weighted by Crippen LogP contribution is -2.13. The molecule has 0 radical (unpaired) electrons. The number of methoxy groups -OCH3 is 1. The zero-order valence-corrected chi connectivity index (χ0v) is 12.5. The summed E-state index contributed by atoms with van der Waals surface area (Å²) in [6.45, 7) is 0. The van der Waals surface area contributed by atoms with Gasteiger partial charge in [0, 0.05) is 6.04 Å². The molecule has 0 saturated heterocycles. The predicted octanol–water partition coefficient (Wildman–Crippen LogP) is 3.98. The summed E-state index contributed by atoms with van der Waals surface area (Å²) in [5.74, 6) is -0.555. The van der Waals surface area contributed by atoms with E-state index in [1.54, 1.807) is 24.3 Å². The number of ether oxygens (including phenoxy) is 1. The normalized spacial score (nSPS) is 12.2. The molecule has 0 aliphatic rings. The van der Waals surface area contributed by atoms with E-state index in [9.17, 15) is 8.78 Å². The summed E-state index contributed by atoms with van der Waals surface area (Å²) < 4.78 is 32.0. The van der Waals surface area contributed by atoms with Crippen molar-refractivity contribution in [3.63, 3.8) is 0 Å². The largest absolute Gasteiger partial charge is 0.494 e. The molecule has 5 heteroatoms. The van der Waals surface area contributed by atoms with Crippen molar-refractivity contribution in [3.05, 3.63) is 63.6 Å². The van der Waals surface area contributed by atoms with Gasteiger partial charge in [0.25, 0.3) is 0 Å². The van der Waals surface area contributed by atoms with Gasteiger partial charge in [0.15, 0.2) is 11.6 Å². The molecule has 0 aromatic heterocycles. The van der Waals surface area contributed by atoms with Gasteiger partial charge in [-0.15, -0.1) is 0 Å². The van der Waals surface area contributed by atoms with Crippen molar-refractivity contribution < 1.29 is 13.5 Å². The Labute approximate surface area is 124 Å². The fourth-order valence-electron chi connectivity index (χ4n) is 1.95. The Kier molecular flexibility index (Phi) is 4.73. The monoisotopic (exact) mass is 341 g/mol. The number of benzene rings is 2. The summed E-state index contributed by atoms with van der Waals surface area (Å²) >= 11 is 3.12. The Hall–Kier alpha value is -1.46. The van der Waals surface area contributed by atoms with E-state index in [0.717, 1.165) is 11.1 Å². The van der Waals surface area contributed by atoms with Crippen molar-refractivity contribution in [2.45, 2.75) is 12.5 Å². The maximum absolute atomic E-state index is 13.6. The molecule has 0 spiro atoms. The van der Waals surface area contributed by atoms with E-state index in [0.29, 0.717) is 10.9 Å². The third kappa shape index (κ3) is 3.35. The number of halogens is 3. The van der Waals surface area contributed by atoms with Gasteiger partial charge >= 0.3 is 0 Å². The topological polar surface area (TPSA) is 35.2 Å². The molecule has 2 aromatic carbocycles. The molecule has 2 nitrogen and oxygen atoms in total. The van der Waals surface area contributed by atoms with Gasteiger partial charge in [-0.1, -0.05) is 12.1 Å². The molecule has 0 saturated carbocycles. The Bertz CT molecular complexity index is 619. The molecule has 0 heterocycles. The highest BCUT2D eigenvalue weighted by Crippen LogP contribution is 2.24. The summed E-state index contributed by atoms with van der Waals surface area (Å²) in [4.78, 5) is 0. The van der Waals surface area contributed by atoms with Gasteiger partial charge in [0.05, 0.1) is 11.6 Å². The molecular formula is C15H14BrF2NO. The van der Waals surface area contributed by atoms with Crippen LogP contribution in [0.2, 0.25) is 0 Å². The van der Waals surface area contributed by atoms with Crippen LogP contribution in [0.15, 0.2) is 40.9 Å². The Morgan fingerprint density at radius 3 is 2.50 bits per heavy atom. The van der Waals surface area contributed by atoms with Gasteiger partial charge in [0.1, 0.15) is 5.82 Å². The average Bonchev–Trinajstić information content (AvgIpc) is 2.42. The maximum Gasteiger partial charge on any atom is 0.165 e. The van der Waals surface area contributed by atoms with Gasteiger partial charge in [-0.2, -0.15) is 0 Å². The van der Waals surface area contributed by atoms with E-state index in [1.165, 1.54) is 19.2 Å². The molecule has 20 heavy (non-hydrogen) atoms. The van der Waals surface area contributed by atoms with Crippen molar-refractivity contribution in [1.82, 2.24) is 0 Å². The first-order chi connectivity index (χ1) is 9.51. The van der Waals surface area contributed by atoms with Crippen molar-refractivity contribution in [1.29, 1.82) is 0 Å². The van der Waals surface area contributed by atoms with Crippen LogP contribution < -0.4 is 10.5 Å². The highest BCUT2D eigenvalue weighted by Gasteiger charge is 2.11. The highest BCUT2D eigenvalue weighted by atomic mass is 79.9. The lowest BCUT2D eigenvalue weighted by atomic mass is 9.99. The van der Waals surface area contributed by atoms with Crippen molar-refractivity contribution in [2.24, 2.45) is 5.73 Å². The lowest BCUT2D eigenvalue weighted by molar-refractivity contribution is 0.386. The number of hydrogen-bond donors (Lipinski definition) is 1. The van der Waals surface area contributed by atoms with E-state index in [-0.39, 0.29) is 17.6 Å². The van der Waals surface area contributed by atoms with Crippen LogP contribution in [0.5, 0.6) is 5.75 Å². The second-order valence-electron chi connectivity index (χ2n) is 4.45. The third-order valence-electron chi connectivity index (χ3n) is 3.04. The molecule has 1 atom stereocenters. The average molecular weight is 342 g/mol. The van der Waals surface area contributed by atoms with Crippen LogP contribution in [0, 0.1) is 11.6 Å². The summed E-state index contributed by atoms with van der Waals surface area (Å²) in [5.41, 5.74) is 7.62. The summed E-state index contributed by atoms with van der Waals surface area (Å²) in [7, 11) is 1.42. The zero-order chi connectivity index (χ0) is 14.7. The standard InChI is InChI=1S/C15H14BrF2NO/c1-20-15-5-2-9(6-13(15)18)7-14(19)10-3-4-12(17)11(16)8-10/h2-6,8,14H,7,19H2,1H3. The first-order valence-electron chi connectivity index (χ1n) is 6.04. The molecule has 2 rings (SSSR count). The Morgan fingerprint density at radius 2 is 1.90 bits per heavy atom. The second-order valence-corrected chi connectivity index (χ2v) is 5.31. The number of nitrogens with two attached hydrogens (primary N) is 1. The highest BCUT2D eigenvalue weighted by molar-refractivity contribution is 9.10. The molecule has 2 N–H and O–H groups in total. The fraction of sp³-hybridized carbons (Fsp3) is 0.200. The predicted molar refractivity (Wildman–Crippen MR) is 77.7 cm³/mol. The molecule has 0 aliphatic heterocycles. The smallest absolute Gasteiger partial charge is 0.165 e. The number of hydrogen-bond acceptors (Lipinski definition) is 2. The van der Waals surface area contributed by atoms with Gasteiger partial charge in [-0.25, -0.2) is 8.78 Å². The maximum atomic E-state index is 13.6. The van der Waals surface area contributed by atoms with Crippen molar-refractivity contribution >= 4 is 15.9 Å². The SMILES string of the molecule is COc1ccc(CC(N)c2ccc(F)c(Br)c2)cc1F. The minimum atomic E-state index is -0.419. The second kappa shape index (κ2) is 6.33. The Morgan fingerprint density at radius 1 is 1.15 bits per heavy atom. The third-order valence-corrected chi connectivity index (χ3v) is 3.65. The Balaban J connectivity index is 2.16. The molecule has 2 aromatic rings. The quantitative estimate of drug-likeness (QED) is 0.912.